The van der Waals surface area contributed by atoms with Crippen LogP contribution in [0.15, 0.2) is 72.2 Å². The number of phenolic OH excluding ortho intramolecular Hbond substituents is 1. The number of phenols is 1. The number of carboxylic acid groups (broad SMARTS) is 1. The molecule has 0 saturated carbocycles. The van der Waals surface area contributed by atoms with E-state index in [1.54, 1.807) is 65.1 Å². The van der Waals surface area contributed by atoms with Crippen molar-refractivity contribution in [3.8, 4) is 5.75 Å². The number of para-hydroxylation sites is 1. The van der Waals surface area contributed by atoms with Crippen LogP contribution in [0.3, 0.4) is 0 Å². The van der Waals surface area contributed by atoms with Gasteiger partial charge in [-0.05, 0) is 94.5 Å². The van der Waals surface area contributed by atoms with Gasteiger partial charge in [-0.2, -0.15) is 0 Å². The van der Waals surface area contributed by atoms with Gasteiger partial charge in [-0.25, -0.2) is 20.0 Å². The number of aliphatic hydroxyl groups is 1. The number of aromatic hydroxyl groups is 1. The maximum absolute atomic E-state index is 14.9. The van der Waals surface area contributed by atoms with E-state index in [2.05, 4.69) is 67.9 Å². The molecule has 6 rings (SSSR count). The van der Waals surface area contributed by atoms with Gasteiger partial charge in [0.1, 0.15) is 73.3 Å². The minimum Gasteiger partial charge on any atom is -0.508 e. The van der Waals surface area contributed by atoms with Crippen LogP contribution in [0.25, 0.3) is 10.9 Å². The fourth-order valence-electron chi connectivity index (χ4n) is 10.4. The summed E-state index contributed by atoms with van der Waals surface area (Å²) in [6.07, 6.45) is 4.52. The Labute approximate surface area is 568 Å². The van der Waals surface area contributed by atoms with Crippen LogP contribution in [0.1, 0.15) is 103 Å². The Kier molecular flexibility index (Phi) is 30.4. The fourth-order valence-corrected chi connectivity index (χ4v) is 10.4. The molecule has 0 spiro atoms. The van der Waals surface area contributed by atoms with Gasteiger partial charge < -0.3 is 99.4 Å². The minimum atomic E-state index is -1.91. The number of fused-ring (bicyclic) bond motifs is 1. The number of aromatic amines is 2. The number of aliphatic carboxylic acids is 1. The lowest BCUT2D eigenvalue weighted by atomic mass is 10.0. The summed E-state index contributed by atoms with van der Waals surface area (Å²) < 4.78 is 11.2. The number of urea groups is 1. The number of likely N-dealkylation sites (tertiary alicyclic amines) is 1. The second kappa shape index (κ2) is 38.1. The van der Waals surface area contributed by atoms with Crippen molar-refractivity contribution in [3.63, 3.8) is 0 Å². The number of amides is 12. The number of esters is 1. The van der Waals surface area contributed by atoms with Crippen molar-refractivity contribution in [2.24, 2.45) is 28.1 Å². The number of rotatable bonds is 33. The number of H-pyrrole nitrogens is 2. The molecule has 36 nitrogen and oxygen atoms in total. The maximum atomic E-state index is 14.9. The molecule has 0 unspecified atom stereocenters. The number of hydrogen-bond donors (Lipinski definition) is 18. The number of guanidine groups is 1. The lowest BCUT2D eigenvalue weighted by Gasteiger charge is -2.31. The van der Waals surface area contributed by atoms with Gasteiger partial charge in [0.15, 0.2) is 5.96 Å². The summed E-state index contributed by atoms with van der Waals surface area (Å²) in [5.41, 5.74) is 21.4. The molecule has 540 valence electrons. The Morgan fingerprint density at radius 2 is 1.29 bits per heavy atom. The topological polar surface area (TPSA) is 559 Å². The van der Waals surface area contributed by atoms with Crippen LogP contribution in [0, 0.1) is 5.92 Å². The number of aromatic nitrogens is 3. The molecule has 4 heterocycles. The quantitative estimate of drug-likeness (QED) is 0.00724. The van der Waals surface area contributed by atoms with Crippen molar-refractivity contribution in [2.45, 2.75) is 166 Å². The number of aliphatic hydroxyl groups excluding tert-OH is 1. The summed E-state index contributed by atoms with van der Waals surface area (Å²) in [4.78, 5) is 190. The molecule has 4 aromatic rings. The number of imidazole rings is 1. The zero-order valence-corrected chi connectivity index (χ0v) is 55.8. The Balaban J connectivity index is 0.00000430. The normalized spacial score (nSPS) is 16.2. The Hall–Kier alpha value is -10.9. The number of benzene rings is 2. The second-order valence-corrected chi connectivity index (χ2v) is 24.8. The Bertz CT molecular complexity index is 3490. The highest BCUT2D eigenvalue weighted by molar-refractivity contribution is 6.00. The number of carboxylic acids is 1. The molecule has 2 fully saturated rings. The third-order valence-electron chi connectivity index (χ3n) is 15.2. The standard InChI is InChI=1S/C61H86N18O16.C2H4O2/c1-32(2)22-41(51(85)70-40(12-8-20-66-59(62)63)58(92)79-21-9-13-47(79)57(91)77-78-60(64)93)71-56(90)46(30-95-61(3,4)5)76-52(86)42(23-33-14-16-36(81)17-15-33)72-55(89)45(29-94-49(83)28-80)75-53(87)43(24-34-26-67-38-11-7-6-10-37(34)38)73-54(88)44(25-35-27-65-31-68-35)74-50(84)39-18-19-48(82)69-39;1-2(3)4/h6-7,10-11,14-17,26-27,31-32,39-47,67,80-81H,8-9,12-13,18-25,28-30H2,1-5H3,(H,65,68)(H,69,82)(H,70,85)(H,71,90)(H,72,89)(H,73,88)(H,74,84)(H,75,87)(H,76,86)(H,77,91)(H4,62,63,66)(H3,64,78,93);1H3,(H,3,4)/t39-,40-,41-,42-,43-,44-,45-,46-,47-;/m0./s1. The molecular weight excluding hydrogens is 1300 g/mol. The first-order chi connectivity index (χ1) is 46.8. The van der Waals surface area contributed by atoms with Crippen molar-refractivity contribution in [1.82, 2.24) is 73.2 Å². The molecule has 0 radical (unpaired) electrons. The smallest absolute Gasteiger partial charge is 0.331 e. The van der Waals surface area contributed by atoms with Crippen LogP contribution in [-0.4, -0.2) is 211 Å². The fraction of sp³-hybridized carbons (Fsp3) is 0.508. The summed E-state index contributed by atoms with van der Waals surface area (Å²) in [5, 5.41) is 49.0. The highest BCUT2D eigenvalue weighted by Crippen LogP contribution is 2.22. The van der Waals surface area contributed by atoms with Crippen LogP contribution in [-0.2, 0) is 86.3 Å². The monoisotopic (exact) mass is 1390 g/mol. The Morgan fingerprint density at radius 3 is 1.87 bits per heavy atom. The third-order valence-corrected chi connectivity index (χ3v) is 15.2. The van der Waals surface area contributed by atoms with Gasteiger partial charge in [0.2, 0.25) is 53.2 Å². The van der Waals surface area contributed by atoms with Crippen LogP contribution in [0.4, 0.5) is 4.79 Å². The van der Waals surface area contributed by atoms with E-state index in [0.717, 1.165) is 6.92 Å². The van der Waals surface area contributed by atoms with Crippen molar-refractivity contribution < 1.29 is 87.1 Å². The highest BCUT2D eigenvalue weighted by Gasteiger charge is 2.41. The van der Waals surface area contributed by atoms with Crippen LogP contribution < -0.4 is 70.6 Å². The third kappa shape index (κ3) is 26.6. The molecule has 0 bridgehead atoms. The van der Waals surface area contributed by atoms with E-state index in [1.165, 1.54) is 41.7 Å². The lowest BCUT2D eigenvalue weighted by molar-refractivity contribution is -0.149. The number of hydrogen-bond acceptors (Lipinski definition) is 19. The molecule has 2 aromatic carbocycles. The predicted octanol–water partition coefficient (Wildman–Crippen LogP) is -3.47. The average molecular weight is 1390 g/mol. The average Bonchev–Trinajstić information content (AvgIpc) is 1.74. The molecule has 2 saturated heterocycles. The number of nitrogens with two attached hydrogens (primary N) is 3. The Morgan fingerprint density at radius 1 is 0.717 bits per heavy atom. The second-order valence-electron chi connectivity index (χ2n) is 24.8. The van der Waals surface area contributed by atoms with Gasteiger partial charge in [-0.3, -0.25) is 63.2 Å². The van der Waals surface area contributed by atoms with Gasteiger partial charge in [0.25, 0.3) is 11.9 Å². The molecule has 0 aliphatic carbocycles. The number of hydrazine groups is 1. The van der Waals surface area contributed by atoms with E-state index in [1.807, 2.05) is 5.43 Å². The summed E-state index contributed by atoms with van der Waals surface area (Å²) in [6.45, 7) is 7.13. The predicted molar refractivity (Wildman–Crippen MR) is 353 cm³/mol. The van der Waals surface area contributed by atoms with Gasteiger partial charge in [0.05, 0.1) is 18.5 Å². The minimum absolute atomic E-state index is 0.0235. The number of aliphatic imine (C=N–C) groups is 1. The maximum Gasteiger partial charge on any atom is 0.331 e. The molecule has 2 aliphatic rings. The summed E-state index contributed by atoms with van der Waals surface area (Å²) in [5.74, 6) is -11.1. The van der Waals surface area contributed by atoms with Crippen molar-refractivity contribution in [3.05, 3.63) is 84.1 Å². The van der Waals surface area contributed by atoms with Crippen LogP contribution >= 0.6 is 0 Å². The van der Waals surface area contributed by atoms with Crippen molar-refractivity contribution in [2.75, 3.05) is 32.9 Å². The van der Waals surface area contributed by atoms with Gasteiger partial charge in [-0.15, -0.1) is 0 Å². The van der Waals surface area contributed by atoms with Crippen molar-refractivity contribution >= 4 is 93.9 Å². The SMILES string of the molecule is CC(=O)O.CC(C)C[C@H](NC(=O)[C@H](COC(C)(C)C)NC(=O)[C@H](Cc1ccc(O)cc1)NC(=O)[C@H](COC(=O)CO)NC(=O)[C@H](Cc1c[nH]c2ccccc12)NC(=O)[C@H](Cc1cnc[nH]1)NC(=O)[C@@H]1CCC(=O)N1)C(=O)N[C@@H](CCCN=C(N)N)C(=O)N1CCC[C@H]1C(=O)NNC(N)=O. The number of ether oxygens (including phenoxy) is 2. The van der Waals surface area contributed by atoms with Crippen LogP contribution in [0.2, 0.25) is 0 Å². The number of nitrogens with one attached hydrogen (secondary N) is 12. The molecule has 21 N–H and O–H groups in total. The van der Waals surface area contributed by atoms with Gasteiger partial charge in [-0.1, -0.05) is 44.2 Å². The first-order valence-corrected chi connectivity index (χ1v) is 31.8. The van der Waals surface area contributed by atoms with Gasteiger partial charge >= 0.3 is 12.0 Å². The first-order valence-electron chi connectivity index (χ1n) is 31.8. The largest absolute Gasteiger partial charge is 0.508 e. The molecule has 2 aromatic heterocycles. The lowest BCUT2D eigenvalue weighted by Crippen LogP contribution is -2.62. The van der Waals surface area contributed by atoms with E-state index in [4.69, 9.17) is 36.6 Å². The van der Waals surface area contributed by atoms with E-state index in [-0.39, 0.29) is 94.4 Å². The van der Waals surface area contributed by atoms with Crippen molar-refractivity contribution in [1.29, 1.82) is 0 Å². The number of carbonyl (C=O) groups excluding carboxylic acids is 12. The zero-order chi connectivity index (χ0) is 73.1. The van der Waals surface area contributed by atoms with Gasteiger partial charge in [0, 0.05) is 74.7 Å². The number of primary amides is 1. The molecule has 2 aliphatic heterocycles. The van der Waals surface area contributed by atoms with E-state index in [9.17, 15) is 67.7 Å². The summed E-state index contributed by atoms with van der Waals surface area (Å²) >= 11 is 0. The van der Waals surface area contributed by atoms with E-state index < -0.39 is 151 Å². The number of nitrogens with zero attached hydrogens (tertiary/aromatic N) is 3. The summed E-state index contributed by atoms with van der Waals surface area (Å²) in [6, 6.07) is -1.44. The molecule has 9 atom stereocenters. The number of carbonyl (C=O) groups is 13. The van der Waals surface area contributed by atoms with Crippen LogP contribution in [0.5, 0.6) is 5.75 Å². The molecule has 36 heteroatoms. The zero-order valence-electron chi connectivity index (χ0n) is 55.8. The van der Waals surface area contributed by atoms with E-state index in [0.29, 0.717) is 34.1 Å². The van der Waals surface area contributed by atoms with E-state index >= 15 is 0 Å². The molecule has 99 heavy (non-hydrogen) atoms. The molecular formula is C63H90N18O18. The molecule has 12 amide bonds. The highest BCUT2D eigenvalue weighted by atomic mass is 16.5. The first kappa shape index (κ1) is 78.8. The summed E-state index contributed by atoms with van der Waals surface area (Å²) in [7, 11) is 0.